The molecule has 0 saturated carbocycles. The Bertz CT molecular complexity index is 1220. The van der Waals surface area contributed by atoms with Crippen molar-refractivity contribution in [1.82, 2.24) is 14.6 Å². The molecule has 1 saturated heterocycles. The van der Waals surface area contributed by atoms with Crippen LogP contribution in [0.1, 0.15) is 19.5 Å². The first-order chi connectivity index (χ1) is 16.5. The Morgan fingerprint density at radius 3 is 2.56 bits per heavy atom. The van der Waals surface area contributed by atoms with Crippen molar-refractivity contribution in [1.29, 1.82) is 0 Å². The summed E-state index contributed by atoms with van der Waals surface area (Å²) in [5.41, 5.74) is 12.1. The maximum atomic E-state index is 12.9. The number of oxime groups is 1. The Morgan fingerprint density at radius 1 is 1.42 bits per heavy atom. The molecule has 0 spiro atoms. The highest BCUT2D eigenvalue weighted by Gasteiger charge is 2.54. The number of anilines is 1. The molecule has 2 heterocycles. The van der Waals surface area contributed by atoms with E-state index in [4.69, 9.17) is 25.4 Å². The minimum atomic E-state index is -5.04. The van der Waals surface area contributed by atoms with E-state index in [1.807, 2.05) is 0 Å². The lowest BCUT2D eigenvalue weighted by Crippen LogP contribution is -2.71. The zero-order valence-electron chi connectivity index (χ0n) is 20.0. The van der Waals surface area contributed by atoms with Crippen molar-refractivity contribution >= 4 is 58.3 Å². The second kappa shape index (κ2) is 10.8. The lowest BCUT2D eigenvalue weighted by Gasteiger charge is -2.41. The largest absolute Gasteiger partial charge is 0.463 e. The fourth-order valence-corrected chi connectivity index (χ4v) is 4.67. The molecule has 0 aliphatic carbocycles. The van der Waals surface area contributed by atoms with Gasteiger partial charge in [-0.05, 0) is 25.4 Å². The van der Waals surface area contributed by atoms with E-state index in [1.165, 1.54) is 19.2 Å². The number of β-lactam (4-membered cyclic amide) rings is 1. The Morgan fingerprint density at radius 2 is 2.06 bits per heavy atom. The van der Waals surface area contributed by atoms with E-state index in [9.17, 15) is 22.8 Å². The third-order valence-corrected chi connectivity index (χ3v) is 7.92. The zero-order valence-corrected chi connectivity index (χ0v) is 22.7. The molecule has 2 amide bonds. The van der Waals surface area contributed by atoms with Crippen LogP contribution in [0.3, 0.4) is 0 Å². The molecule has 1 aliphatic heterocycles. The van der Waals surface area contributed by atoms with Gasteiger partial charge < -0.3 is 20.6 Å². The van der Waals surface area contributed by atoms with Gasteiger partial charge in [-0.25, -0.2) is 14.1 Å². The summed E-state index contributed by atoms with van der Waals surface area (Å²) in [6.07, 6.45) is -1.76. The predicted octanol–water partition coefficient (Wildman–Crippen LogP) is 0.872. The van der Waals surface area contributed by atoms with Crippen LogP contribution in [0.4, 0.5) is 5.13 Å². The van der Waals surface area contributed by atoms with Crippen LogP contribution in [0.25, 0.3) is 10.4 Å². The molecule has 0 aromatic carbocycles. The number of nitrogens with two attached hydrogens (primary N) is 1. The Labute approximate surface area is 211 Å². The number of hydrogen-bond donors (Lipinski definition) is 3. The molecule has 1 aromatic rings. The number of nitrogen functional groups attached to an aromatic ring is 1. The summed E-state index contributed by atoms with van der Waals surface area (Å²) in [4.78, 5) is 49.3. The third kappa shape index (κ3) is 7.14. The number of nitrogens with zero attached hydrogens (tertiary/aromatic N) is 6. The molecule has 19 heteroatoms. The third-order valence-electron chi connectivity index (χ3n) is 4.65. The molecule has 0 bridgehead atoms. The number of aromatic nitrogens is 1. The summed E-state index contributed by atoms with van der Waals surface area (Å²) in [6.45, 7) is 9.28. The van der Waals surface area contributed by atoms with Gasteiger partial charge in [-0.2, -0.15) is 8.42 Å². The summed E-state index contributed by atoms with van der Waals surface area (Å²) in [5, 5.41) is 10.4. The van der Waals surface area contributed by atoms with Crippen LogP contribution in [0.2, 0.25) is 25.7 Å². The fourth-order valence-electron chi connectivity index (χ4n) is 2.63. The SMILES string of the molecule is CC(C)(ON=C(C(=O)N[C@@H]1C(=O)N(S(=O)(=O)O)[C@@H]1N=[N+]=[N-])c1csc(N)n1)C(=O)OCC[Si](C)(C)C. The van der Waals surface area contributed by atoms with Gasteiger partial charge in [-0.3, -0.25) is 14.1 Å². The second-order valence-electron chi connectivity index (χ2n) is 9.24. The van der Waals surface area contributed by atoms with Crippen LogP contribution in [0, 0.1) is 0 Å². The van der Waals surface area contributed by atoms with Crippen LogP contribution in [-0.2, 0) is 34.3 Å². The standard InChI is InChI=1S/C17H26N8O8S2Si/c1-17(2,15(28)32-6-7-36(3,4)5)33-23-10(9-8-34-16(18)20-9)13(26)21-11-12(22-24-19)25(14(11)27)35(29,30)31/h8,11-12H,6-7H2,1-5H3,(H2,18,20)(H,21,26)(H,29,30,31)/t11-,12-/m0/s1. The molecule has 1 fully saturated rings. The molecule has 0 unspecified atom stereocenters. The highest BCUT2D eigenvalue weighted by molar-refractivity contribution is 7.84. The fraction of sp³-hybridized carbons (Fsp3) is 0.588. The number of carbonyl (C=O) groups excluding carboxylic acids is 3. The highest BCUT2D eigenvalue weighted by Crippen LogP contribution is 2.25. The lowest BCUT2D eigenvalue weighted by atomic mass is 10.1. The van der Waals surface area contributed by atoms with E-state index in [2.05, 4.69) is 45.1 Å². The quantitative estimate of drug-likeness (QED) is 0.0395. The van der Waals surface area contributed by atoms with Crippen molar-refractivity contribution in [3.05, 3.63) is 21.5 Å². The lowest BCUT2D eigenvalue weighted by molar-refractivity contribution is -0.167. The first-order valence-corrected chi connectivity index (χ1v) is 16.3. The average molecular weight is 563 g/mol. The smallest absolute Gasteiger partial charge is 0.362 e. The molecule has 1 aliphatic rings. The van der Waals surface area contributed by atoms with Crippen molar-refractivity contribution in [2.75, 3.05) is 12.3 Å². The van der Waals surface area contributed by atoms with E-state index in [1.54, 1.807) is 0 Å². The number of hydrogen-bond acceptors (Lipinski definition) is 12. The number of nitrogens with one attached hydrogen (secondary N) is 1. The van der Waals surface area contributed by atoms with Gasteiger partial charge in [0.05, 0.1) is 6.61 Å². The minimum absolute atomic E-state index is 0.0692. The van der Waals surface area contributed by atoms with Crippen LogP contribution >= 0.6 is 11.3 Å². The van der Waals surface area contributed by atoms with Gasteiger partial charge in [0.2, 0.25) is 5.60 Å². The van der Waals surface area contributed by atoms with E-state index < -0.39 is 59.7 Å². The van der Waals surface area contributed by atoms with Gasteiger partial charge >= 0.3 is 16.3 Å². The van der Waals surface area contributed by atoms with Crippen molar-refractivity contribution in [3.8, 4) is 0 Å². The molecule has 198 valence electrons. The van der Waals surface area contributed by atoms with Crippen molar-refractivity contribution in [3.63, 3.8) is 0 Å². The second-order valence-corrected chi connectivity index (χ2v) is 17.0. The summed E-state index contributed by atoms with van der Waals surface area (Å²) in [7, 11) is -6.50. The van der Waals surface area contributed by atoms with Crippen LogP contribution in [0.5, 0.6) is 0 Å². The van der Waals surface area contributed by atoms with Gasteiger partial charge in [0.25, 0.3) is 11.8 Å². The number of carbonyl (C=O) groups is 3. The maximum Gasteiger partial charge on any atom is 0.362 e. The minimum Gasteiger partial charge on any atom is -0.463 e. The molecule has 2 atom stereocenters. The molecule has 4 N–H and O–H groups in total. The number of azide groups is 1. The van der Waals surface area contributed by atoms with E-state index in [0.29, 0.717) is 0 Å². The van der Waals surface area contributed by atoms with Gasteiger partial charge in [-0.15, -0.1) is 11.3 Å². The number of rotatable bonds is 11. The van der Waals surface area contributed by atoms with Crippen LogP contribution < -0.4 is 11.1 Å². The molecule has 0 radical (unpaired) electrons. The maximum absolute atomic E-state index is 12.9. The van der Waals surface area contributed by atoms with Crippen LogP contribution in [0.15, 0.2) is 15.7 Å². The topological polar surface area (TPSA) is 239 Å². The van der Waals surface area contributed by atoms with Gasteiger partial charge in [0.15, 0.2) is 17.0 Å². The Balaban J connectivity index is 2.25. The summed E-state index contributed by atoms with van der Waals surface area (Å²) in [5.74, 6) is -3.08. The summed E-state index contributed by atoms with van der Waals surface area (Å²) < 4.78 is 37.0. The van der Waals surface area contributed by atoms with Crippen molar-refractivity contribution in [2.45, 2.75) is 57.3 Å². The molecule has 1 aromatic heterocycles. The first-order valence-electron chi connectivity index (χ1n) is 10.3. The van der Waals surface area contributed by atoms with Gasteiger partial charge in [-0.1, -0.05) is 29.9 Å². The van der Waals surface area contributed by atoms with Crippen LogP contribution in [-0.4, -0.2) is 78.2 Å². The van der Waals surface area contributed by atoms with Crippen molar-refractivity contribution in [2.24, 2.45) is 10.3 Å². The van der Waals surface area contributed by atoms with Crippen molar-refractivity contribution < 1.29 is 36.9 Å². The first kappa shape index (κ1) is 29.0. The monoisotopic (exact) mass is 562 g/mol. The Kier molecular flexibility index (Phi) is 8.68. The van der Waals surface area contributed by atoms with Gasteiger partial charge in [0.1, 0.15) is 11.7 Å². The summed E-state index contributed by atoms with van der Waals surface area (Å²) >= 11 is 0.963. The molecular formula is C17H26N8O8S2Si. The number of thiazole rings is 1. The predicted molar refractivity (Wildman–Crippen MR) is 131 cm³/mol. The highest BCUT2D eigenvalue weighted by atomic mass is 32.2. The van der Waals surface area contributed by atoms with E-state index >= 15 is 0 Å². The van der Waals surface area contributed by atoms with E-state index in [-0.39, 0.29) is 21.7 Å². The summed E-state index contributed by atoms with van der Waals surface area (Å²) in [6, 6.07) is -0.914. The Hall–Kier alpha value is -3.25. The number of amides is 2. The molecular weight excluding hydrogens is 536 g/mol. The zero-order chi connectivity index (χ0) is 27.5. The normalized spacial score (nSPS) is 18.7. The van der Waals surface area contributed by atoms with Gasteiger partial charge in [0, 0.05) is 18.4 Å². The number of esters is 1. The van der Waals surface area contributed by atoms with E-state index in [0.717, 1.165) is 17.4 Å². The molecule has 36 heavy (non-hydrogen) atoms. The molecule has 16 nitrogen and oxygen atoms in total. The molecule has 2 rings (SSSR count). The average Bonchev–Trinajstić information content (AvgIpc) is 3.15. The number of ether oxygens (including phenoxy) is 1.